The van der Waals surface area contributed by atoms with Gasteiger partial charge in [0.05, 0.1) is 11.9 Å². The second-order valence-corrected chi connectivity index (χ2v) is 5.71. The summed E-state index contributed by atoms with van der Waals surface area (Å²) in [7, 11) is 0. The van der Waals surface area contributed by atoms with Crippen molar-refractivity contribution in [3.8, 4) is 0 Å². The molecule has 0 atom stereocenters. The van der Waals surface area contributed by atoms with Gasteiger partial charge in [-0.25, -0.2) is 9.36 Å². The van der Waals surface area contributed by atoms with E-state index in [9.17, 15) is 14.4 Å². The first-order chi connectivity index (χ1) is 12.1. The van der Waals surface area contributed by atoms with Crippen LogP contribution in [0.1, 0.15) is 10.4 Å². The number of carbonyl (C=O) groups is 1. The average Bonchev–Trinajstić information content (AvgIpc) is 2.64. The molecule has 4 aromatic rings. The molecule has 0 bridgehead atoms. The SMILES string of the molecule is O=C(Cn1c(=O)oc2ccccc2c1=O)c1cccc2ccccc12. The van der Waals surface area contributed by atoms with Crippen molar-refractivity contribution in [2.24, 2.45) is 0 Å². The molecule has 0 fully saturated rings. The lowest BCUT2D eigenvalue weighted by Crippen LogP contribution is -2.35. The number of para-hydroxylation sites is 1. The van der Waals surface area contributed by atoms with Gasteiger partial charge < -0.3 is 4.42 Å². The van der Waals surface area contributed by atoms with Crippen LogP contribution in [0.25, 0.3) is 21.7 Å². The average molecular weight is 331 g/mol. The Labute approximate surface area is 141 Å². The predicted molar refractivity (Wildman–Crippen MR) is 95.0 cm³/mol. The van der Waals surface area contributed by atoms with E-state index in [1.807, 2.05) is 30.3 Å². The first-order valence-electron chi connectivity index (χ1n) is 7.79. The van der Waals surface area contributed by atoms with Crippen LogP contribution in [-0.4, -0.2) is 10.4 Å². The van der Waals surface area contributed by atoms with Crippen molar-refractivity contribution in [1.82, 2.24) is 4.57 Å². The minimum atomic E-state index is -0.836. The van der Waals surface area contributed by atoms with Gasteiger partial charge in [0.2, 0.25) is 0 Å². The molecular weight excluding hydrogens is 318 g/mol. The topological polar surface area (TPSA) is 69.3 Å². The van der Waals surface area contributed by atoms with Crippen molar-refractivity contribution in [3.05, 3.63) is 93.2 Å². The van der Waals surface area contributed by atoms with Crippen molar-refractivity contribution in [2.45, 2.75) is 6.54 Å². The molecule has 0 aliphatic carbocycles. The van der Waals surface area contributed by atoms with Crippen molar-refractivity contribution < 1.29 is 9.21 Å². The summed E-state index contributed by atoms with van der Waals surface area (Å²) >= 11 is 0. The Balaban J connectivity index is 1.82. The van der Waals surface area contributed by atoms with Crippen LogP contribution < -0.4 is 11.3 Å². The van der Waals surface area contributed by atoms with Gasteiger partial charge in [0.15, 0.2) is 5.78 Å². The van der Waals surface area contributed by atoms with Crippen LogP contribution in [0.4, 0.5) is 0 Å². The monoisotopic (exact) mass is 331 g/mol. The maximum atomic E-state index is 12.7. The highest BCUT2D eigenvalue weighted by molar-refractivity contribution is 6.08. The van der Waals surface area contributed by atoms with E-state index >= 15 is 0 Å². The first-order valence-corrected chi connectivity index (χ1v) is 7.79. The summed E-state index contributed by atoms with van der Waals surface area (Å²) in [6.45, 7) is -0.361. The standard InChI is InChI=1S/C20H13NO4/c22-17(15-10-5-7-13-6-1-2-8-14(13)15)12-21-19(23)16-9-3-4-11-18(16)25-20(21)24/h1-11H,12H2. The molecule has 0 aliphatic heterocycles. The Hall–Kier alpha value is -3.47. The molecule has 0 N–H and O–H groups in total. The van der Waals surface area contributed by atoms with Gasteiger partial charge in [-0.3, -0.25) is 9.59 Å². The molecule has 4 rings (SSSR count). The largest absolute Gasteiger partial charge is 0.422 e. The van der Waals surface area contributed by atoms with Crippen LogP contribution in [0.5, 0.6) is 0 Å². The van der Waals surface area contributed by atoms with E-state index in [0.29, 0.717) is 5.56 Å². The van der Waals surface area contributed by atoms with E-state index in [0.717, 1.165) is 15.3 Å². The number of hydrogen-bond acceptors (Lipinski definition) is 4. The van der Waals surface area contributed by atoms with Crippen LogP contribution in [0.3, 0.4) is 0 Å². The van der Waals surface area contributed by atoms with Crippen LogP contribution in [0.15, 0.2) is 80.7 Å². The number of hydrogen-bond donors (Lipinski definition) is 0. The van der Waals surface area contributed by atoms with Gasteiger partial charge in [-0.2, -0.15) is 0 Å². The molecule has 3 aromatic carbocycles. The highest BCUT2D eigenvalue weighted by atomic mass is 16.4. The van der Waals surface area contributed by atoms with Crippen molar-refractivity contribution >= 4 is 27.5 Å². The molecular formula is C20H13NO4. The second-order valence-electron chi connectivity index (χ2n) is 5.71. The lowest BCUT2D eigenvalue weighted by molar-refractivity contribution is 0.0968. The fourth-order valence-electron chi connectivity index (χ4n) is 2.94. The lowest BCUT2D eigenvalue weighted by atomic mass is 10.0. The molecule has 1 aromatic heterocycles. The zero-order chi connectivity index (χ0) is 17.4. The number of fused-ring (bicyclic) bond motifs is 2. The summed E-state index contributed by atoms with van der Waals surface area (Å²) in [5.74, 6) is -1.15. The molecule has 5 heteroatoms. The van der Waals surface area contributed by atoms with E-state index in [1.54, 1.807) is 36.4 Å². The van der Waals surface area contributed by atoms with Crippen LogP contribution in [0.2, 0.25) is 0 Å². The molecule has 0 saturated carbocycles. The van der Waals surface area contributed by atoms with E-state index < -0.39 is 11.3 Å². The van der Waals surface area contributed by atoms with Gasteiger partial charge in [-0.05, 0) is 22.9 Å². The van der Waals surface area contributed by atoms with Gasteiger partial charge in [0, 0.05) is 5.56 Å². The maximum Gasteiger partial charge on any atom is 0.422 e. The van der Waals surface area contributed by atoms with Crippen LogP contribution >= 0.6 is 0 Å². The lowest BCUT2D eigenvalue weighted by Gasteiger charge is -2.07. The minimum absolute atomic E-state index is 0.214. The molecule has 0 spiro atoms. The first kappa shape index (κ1) is 15.1. The van der Waals surface area contributed by atoms with E-state index in [2.05, 4.69) is 0 Å². The maximum absolute atomic E-state index is 12.7. The van der Waals surface area contributed by atoms with Gasteiger partial charge >= 0.3 is 5.76 Å². The number of nitrogens with zero attached hydrogens (tertiary/aromatic N) is 1. The van der Waals surface area contributed by atoms with E-state index in [4.69, 9.17) is 4.42 Å². The van der Waals surface area contributed by atoms with Gasteiger partial charge in [-0.15, -0.1) is 0 Å². The quantitative estimate of drug-likeness (QED) is 0.541. The fourth-order valence-corrected chi connectivity index (χ4v) is 2.94. The highest BCUT2D eigenvalue weighted by Gasteiger charge is 2.15. The third-order valence-electron chi connectivity index (χ3n) is 4.17. The highest BCUT2D eigenvalue weighted by Crippen LogP contribution is 2.19. The summed E-state index contributed by atoms with van der Waals surface area (Å²) < 4.78 is 5.99. The van der Waals surface area contributed by atoms with Crippen LogP contribution in [0, 0.1) is 0 Å². The molecule has 0 saturated heterocycles. The molecule has 0 unspecified atom stereocenters. The Morgan fingerprint density at radius 3 is 2.36 bits per heavy atom. The minimum Gasteiger partial charge on any atom is -0.409 e. The normalized spacial score (nSPS) is 11.0. The van der Waals surface area contributed by atoms with E-state index in [-0.39, 0.29) is 23.3 Å². The summed E-state index contributed by atoms with van der Waals surface area (Å²) in [5, 5.41) is 1.98. The summed E-state index contributed by atoms with van der Waals surface area (Å²) in [5.41, 5.74) is 0.157. The number of benzene rings is 3. The number of carbonyl (C=O) groups excluding carboxylic acids is 1. The van der Waals surface area contributed by atoms with Crippen LogP contribution in [-0.2, 0) is 6.54 Å². The van der Waals surface area contributed by atoms with Crippen molar-refractivity contribution in [1.29, 1.82) is 0 Å². The van der Waals surface area contributed by atoms with Crippen molar-refractivity contribution in [3.63, 3.8) is 0 Å². The van der Waals surface area contributed by atoms with Gasteiger partial charge in [0.25, 0.3) is 5.56 Å². The summed E-state index contributed by atoms with van der Waals surface area (Å²) in [6.07, 6.45) is 0. The number of rotatable bonds is 3. The van der Waals surface area contributed by atoms with Crippen molar-refractivity contribution in [2.75, 3.05) is 0 Å². The van der Waals surface area contributed by atoms with Gasteiger partial charge in [0.1, 0.15) is 5.58 Å². The zero-order valence-corrected chi connectivity index (χ0v) is 13.1. The smallest absolute Gasteiger partial charge is 0.409 e. The number of Topliss-reactive ketones (excluding diaryl/α,β-unsaturated/α-hetero) is 1. The molecule has 25 heavy (non-hydrogen) atoms. The summed E-state index contributed by atoms with van der Waals surface area (Å²) in [4.78, 5) is 37.4. The zero-order valence-electron chi connectivity index (χ0n) is 13.1. The van der Waals surface area contributed by atoms with E-state index in [1.165, 1.54) is 0 Å². The molecule has 122 valence electrons. The molecule has 0 aliphatic rings. The molecule has 5 nitrogen and oxygen atoms in total. The third-order valence-corrected chi connectivity index (χ3v) is 4.17. The molecule has 0 radical (unpaired) electrons. The molecule has 0 amide bonds. The number of ketones is 1. The third kappa shape index (κ3) is 2.55. The predicted octanol–water partition coefficient (Wildman–Crippen LogP) is 2.99. The Kier molecular flexibility index (Phi) is 3.54. The second kappa shape index (κ2) is 5.87. The van der Waals surface area contributed by atoms with Gasteiger partial charge in [-0.1, -0.05) is 54.6 Å². The fraction of sp³-hybridized carbons (Fsp3) is 0.0500. The Bertz CT molecular complexity index is 1230. The Morgan fingerprint density at radius 2 is 1.52 bits per heavy atom. The summed E-state index contributed by atoms with van der Waals surface area (Å²) in [6, 6.07) is 19.3. The molecule has 1 heterocycles. The number of aromatic nitrogens is 1. The Morgan fingerprint density at radius 1 is 0.840 bits per heavy atom.